The molecule has 1 aliphatic carbocycles. The Kier molecular flexibility index (Phi) is 2.15. The molecule has 0 heterocycles. The van der Waals surface area contributed by atoms with Crippen LogP contribution in [0.4, 0.5) is 5.69 Å². The molecule has 3 heteroatoms. The molecule has 1 fully saturated rings. The largest absolute Gasteiger partial charge is 0.506 e. The molecule has 2 aromatic rings. The average Bonchev–Trinajstić information content (AvgIpc) is 3.06. The Morgan fingerprint density at radius 1 is 1.12 bits per heavy atom. The lowest BCUT2D eigenvalue weighted by molar-refractivity contribution is 0.476. The van der Waals surface area contributed by atoms with Crippen molar-refractivity contribution in [3.05, 3.63) is 36.4 Å². The predicted molar refractivity (Wildman–Crippen MR) is 67.8 cm³/mol. The van der Waals surface area contributed by atoms with Gasteiger partial charge in [-0.1, -0.05) is 30.3 Å². The summed E-state index contributed by atoms with van der Waals surface area (Å²) in [7, 11) is 0. The highest BCUT2D eigenvalue weighted by atomic mass is 16.3. The lowest BCUT2D eigenvalue weighted by Gasteiger charge is -2.04. The zero-order valence-corrected chi connectivity index (χ0v) is 9.72. The van der Waals surface area contributed by atoms with Crippen LogP contribution in [0.15, 0.2) is 46.6 Å². The molecular weight excluding hydrogens is 212 g/mol. The maximum atomic E-state index is 9.87. The highest BCUT2D eigenvalue weighted by Gasteiger charge is 2.37. The first-order chi connectivity index (χ1) is 8.18. The van der Waals surface area contributed by atoms with Crippen molar-refractivity contribution in [2.45, 2.75) is 25.3 Å². The second kappa shape index (κ2) is 3.55. The Hall–Kier alpha value is -1.90. The van der Waals surface area contributed by atoms with Gasteiger partial charge in [-0.15, -0.1) is 0 Å². The van der Waals surface area contributed by atoms with Gasteiger partial charge >= 0.3 is 0 Å². The maximum Gasteiger partial charge on any atom is 0.143 e. The van der Waals surface area contributed by atoms with Gasteiger partial charge in [0.2, 0.25) is 0 Å². The number of azo groups is 1. The van der Waals surface area contributed by atoms with E-state index >= 15 is 0 Å². The molecule has 86 valence electrons. The normalized spacial score (nSPS) is 17.7. The third-order valence-corrected chi connectivity index (χ3v) is 3.24. The van der Waals surface area contributed by atoms with Crippen molar-refractivity contribution in [3.63, 3.8) is 0 Å². The number of hydrogen-bond acceptors (Lipinski definition) is 3. The van der Waals surface area contributed by atoms with Crippen molar-refractivity contribution in [3.8, 4) is 5.75 Å². The van der Waals surface area contributed by atoms with Crippen LogP contribution < -0.4 is 0 Å². The van der Waals surface area contributed by atoms with Gasteiger partial charge in [0.1, 0.15) is 11.4 Å². The summed E-state index contributed by atoms with van der Waals surface area (Å²) in [4.78, 5) is 0. The Bertz CT molecular complexity index is 600. The van der Waals surface area contributed by atoms with E-state index in [9.17, 15) is 5.11 Å². The zero-order valence-electron chi connectivity index (χ0n) is 9.72. The third kappa shape index (κ3) is 1.88. The van der Waals surface area contributed by atoms with Crippen LogP contribution >= 0.6 is 0 Å². The van der Waals surface area contributed by atoms with Crippen LogP contribution in [0, 0.1) is 0 Å². The van der Waals surface area contributed by atoms with Gasteiger partial charge in [0.25, 0.3) is 0 Å². The smallest absolute Gasteiger partial charge is 0.143 e. The van der Waals surface area contributed by atoms with Crippen molar-refractivity contribution in [1.29, 1.82) is 0 Å². The Morgan fingerprint density at radius 3 is 2.65 bits per heavy atom. The van der Waals surface area contributed by atoms with E-state index in [1.54, 1.807) is 6.07 Å². The summed E-state index contributed by atoms with van der Waals surface area (Å²) >= 11 is 0. The first-order valence-electron chi connectivity index (χ1n) is 5.82. The Balaban J connectivity index is 2.13. The van der Waals surface area contributed by atoms with E-state index in [0.29, 0.717) is 5.69 Å². The van der Waals surface area contributed by atoms with Gasteiger partial charge < -0.3 is 5.11 Å². The molecule has 0 unspecified atom stereocenters. The molecule has 0 spiro atoms. The second-order valence-corrected chi connectivity index (χ2v) is 4.85. The number of nitrogens with zero attached hydrogens (tertiary/aromatic N) is 2. The van der Waals surface area contributed by atoms with Crippen LogP contribution in [0.3, 0.4) is 0 Å². The molecule has 0 aromatic heterocycles. The van der Waals surface area contributed by atoms with Crippen molar-refractivity contribution in [2.75, 3.05) is 0 Å². The van der Waals surface area contributed by atoms with Crippen LogP contribution in [0.5, 0.6) is 5.75 Å². The monoisotopic (exact) mass is 226 g/mol. The van der Waals surface area contributed by atoms with Gasteiger partial charge in [0, 0.05) is 5.39 Å². The predicted octanol–water partition coefficient (Wildman–Crippen LogP) is 4.18. The fourth-order valence-corrected chi connectivity index (χ4v) is 1.80. The number of fused-ring (bicyclic) bond motifs is 1. The number of phenols is 1. The summed E-state index contributed by atoms with van der Waals surface area (Å²) in [5, 5.41) is 20.4. The highest BCUT2D eigenvalue weighted by Crippen LogP contribution is 2.42. The van der Waals surface area contributed by atoms with Crippen LogP contribution in [0.2, 0.25) is 0 Å². The zero-order chi connectivity index (χ0) is 11.9. The molecule has 0 atom stereocenters. The van der Waals surface area contributed by atoms with E-state index < -0.39 is 0 Å². The number of aromatic hydroxyl groups is 1. The molecule has 17 heavy (non-hydrogen) atoms. The van der Waals surface area contributed by atoms with Crippen LogP contribution in [0.25, 0.3) is 10.8 Å². The molecule has 2 aromatic carbocycles. The lowest BCUT2D eigenvalue weighted by atomic mass is 10.1. The molecule has 3 rings (SSSR count). The van der Waals surface area contributed by atoms with E-state index in [4.69, 9.17) is 0 Å². The number of rotatable bonds is 2. The fourth-order valence-electron chi connectivity index (χ4n) is 1.80. The minimum atomic E-state index is 0.00336. The van der Waals surface area contributed by atoms with E-state index in [-0.39, 0.29) is 11.3 Å². The molecule has 0 bridgehead atoms. The fraction of sp³-hybridized carbons (Fsp3) is 0.286. The quantitative estimate of drug-likeness (QED) is 0.767. The van der Waals surface area contributed by atoms with E-state index in [1.165, 1.54) is 0 Å². The van der Waals surface area contributed by atoms with Gasteiger partial charge in [-0.25, -0.2) is 0 Å². The van der Waals surface area contributed by atoms with Gasteiger partial charge in [-0.05, 0) is 31.2 Å². The Labute approximate surface area is 99.8 Å². The summed E-state index contributed by atoms with van der Waals surface area (Å²) < 4.78 is 0. The SMILES string of the molecule is CC1(N=Nc2c(O)ccc3ccccc23)CC1. The lowest BCUT2D eigenvalue weighted by Crippen LogP contribution is -1.92. The first-order valence-corrected chi connectivity index (χ1v) is 5.82. The van der Waals surface area contributed by atoms with Crippen LogP contribution in [-0.4, -0.2) is 10.6 Å². The number of benzene rings is 2. The van der Waals surface area contributed by atoms with E-state index in [2.05, 4.69) is 17.2 Å². The molecule has 1 N–H and O–H groups in total. The number of phenolic OH excluding ortho intramolecular Hbond substituents is 1. The highest BCUT2D eigenvalue weighted by molar-refractivity contribution is 5.95. The van der Waals surface area contributed by atoms with E-state index in [1.807, 2.05) is 30.3 Å². The van der Waals surface area contributed by atoms with Crippen molar-refractivity contribution in [1.82, 2.24) is 0 Å². The molecule has 0 saturated heterocycles. The van der Waals surface area contributed by atoms with E-state index in [0.717, 1.165) is 23.6 Å². The summed E-state index contributed by atoms with van der Waals surface area (Å²) in [6.07, 6.45) is 2.17. The minimum absolute atomic E-state index is 0.00336. The van der Waals surface area contributed by atoms with Gasteiger partial charge in [0.15, 0.2) is 0 Å². The third-order valence-electron chi connectivity index (χ3n) is 3.24. The van der Waals surface area contributed by atoms with Crippen molar-refractivity contribution in [2.24, 2.45) is 10.2 Å². The number of hydrogen-bond donors (Lipinski definition) is 1. The molecule has 0 amide bonds. The molecule has 1 saturated carbocycles. The van der Waals surface area contributed by atoms with Gasteiger partial charge in [0.05, 0.1) is 5.54 Å². The molecule has 3 nitrogen and oxygen atoms in total. The molecule has 0 radical (unpaired) electrons. The second-order valence-electron chi connectivity index (χ2n) is 4.85. The molecular formula is C14H14N2O. The average molecular weight is 226 g/mol. The standard InChI is InChI=1S/C14H14N2O/c1-14(8-9-14)16-15-13-11-5-3-2-4-10(11)6-7-12(13)17/h2-7,17H,8-9H2,1H3. The van der Waals surface area contributed by atoms with Gasteiger partial charge in [-0.2, -0.15) is 10.2 Å². The molecule has 0 aliphatic heterocycles. The van der Waals surface area contributed by atoms with Crippen molar-refractivity contribution < 1.29 is 5.11 Å². The summed E-state index contributed by atoms with van der Waals surface area (Å²) in [6, 6.07) is 11.4. The van der Waals surface area contributed by atoms with Gasteiger partial charge in [-0.3, -0.25) is 0 Å². The first kappa shape index (κ1) is 10.3. The van der Waals surface area contributed by atoms with Crippen molar-refractivity contribution >= 4 is 16.5 Å². The Morgan fingerprint density at radius 2 is 1.88 bits per heavy atom. The van der Waals surface area contributed by atoms with Crippen LogP contribution in [-0.2, 0) is 0 Å². The minimum Gasteiger partial charge on any atom is -0.506 e. The summed E-state index contributed by atoms with van der Waals surface area (Å²) in [5.74, 6) is 0.191. The van der Waals surface area contributed by atoms with Crippen LogP contribution in [0.1, 0.15) is 19.8 Å². The topological polar surface area (TPSA) is 45.0 Å². The summed E-state index contributed by atoms with van der Waals surface area (Å²) in [6.45, 7) is 2.08. The molecule has 1 aliphatic rings. The maximum absolute atomic E-state index is 9.87. The summed E-state index contributed by atoms with van der Waals surface area (Å²) in [5.41, 5.74) is 0.583.